The van der Waals surface area contributed by atoms with Gasteiger partial charge in [0.05, 0.1) is 11.0 Å². The van der Waals surface area contributed by atoms with Crippen LogP contribution < -0.4 is 5.32 Å². The summed E-state index contributed by atoms with van der Waals surface area (Å²) in [6.45, 7) is 0. The number of fused-ring (bicyclic) bond motifs is 3. The van der Waals surface area contributed by atoms with E-state index in [0.717, 1.165) is 33.2 Å². The Kier molecular flexibility index (Phi) is 3.13. The van der Waals surface area contributed by atoms with E-state index >= 15 is 0 Å². The summed E-state index contributed by atoms with van der Waals surface area (Å²) in [6, 6.07) is 21.8. The quantitative estimate of drug-likeness (QED) is 0.518. The normalized spacial score (nSPS) is 11.0. The number of benzene rings is 3. The molecular weight excluding hydrogens is 294 g/mol. The van der Waals surface area contributed by atoms with Crippen LogP contribution in [0.15, 0.2) is 66.7 Å². The van der Waals surface area contributed by atoms with Gasteiger partial charge < -0.3 is 5.32 Å². The summed E-state index contributed by atoms with van der Waals surface area (Å²) in [7, 11) is 0. The molecule has 0 unspecified atom stereocenters. The maximum Gasteiger partial charge on any atom is 0.0937 e. The summed E-state index contributed by atoms with van der Waals surface area (Å²) in [5.41, 5.74) is 3.75. The van der Waals surface area contributed by atoms with E-state index < -0.39 is 0 Å². The molecule has 0 aliphatic rings. The maximum atomic E-state index is 6.12. The zero-order valence-corrected chi connectivity index (χ0v) is 12.4. The van der Waals surface area contributed by atoms with Crippen molar-refractivity contribution in [3.63, 3.8) is 0 Å². The molecule has 0 saturated heterocycles. The van der Waals surface area contributed by atoms with Gasteiger partial charge in [-0.2, -0.15) is 0 Å². The number of nitrogens with one attached hydrogen (secondary N) is 1. The zero-order valence-electron chi connectivity index (χ0n) is 11.6. The lowest BCUT2D eigenvalue weighted by Gasteiger charge is -2.08. The van der Waals surface area contributed by atoms with Crippen molar-refractivity contribution < 1.29 is 0 Å². The molecule has 4 rings (SSSR count). The number of halogens is 1. The topological polar surface area (TPSA) is 37.8 Å². The van der Waals surface area contributed by atoms with Crippen molar-refractivity contribution in [3.05, 3.63) is 71.8 Å². The second kappa shape index (κ2) is 5.28. The molecule has 106 valence electrons. The predicted octanol–water partition coefficient (Wildman–Crippen LogP) is 5.18. The third-order valence-corrected chi connectivity index (χ3v) is 3.81. The minimum Gasteiger partial charge on any atom is -0.356 e. The lowest BCUT2D eigenvalue weighted by Crippen LogP contribution is -1.92. The van der Waals surface area contributed by atoms with E-state index in [9.17, 15) is 0 Å². The number of nitrogens with zero attached hydrogens (tertiary/aromatic N) is 2. The summed E-state index contributed by atoms with van der Waals surface area (Å²) >= 11 is 6.12. The molecule has 0 bridgehead atoms. The second-order valence-electron chi connectivity index (χ2n) is 5.08. The lowest BCUT2D eigenvalue weighted by molar-refractivity contribution is 1.12. The number of hydrogen-bond acceptors (Lipinski definition) is 3. The van der Waals surface area contributed by atoms with Gasteiger partial charge in [-0.3, -0.25) is 0 Å². The van der Waals surface area contributed by atoms with Crippen LogP contribution in [0.3, 0.4) is 0 Å². The van der Waals surface area contributed by atoms with E-state index in [2.05, 4.69) is 21.6 Å². The average molecular weight is 306 g/mol. The molecule has 1 heterocycles. The van der Waals surface area contributed by atoms with Gasteiger partial charge >= 0.3 is 0 Å². The predicted molar refractivity (Wildman–Crippen MR) is 91.8 cm³/mol. The van der Waals surface area contributed by atoms with Crippen molar-refractivity contribution >= 4 is 44.8 Å². The van der Waals surface area contributed by atoms with Gasteiger partial charge in [0.15, 0.2) is 0 Å². The number of aromatic nitrogens is 2. The van der Waals surface area contributed by atoms with E-state index in [1.807, 2.05) is 60.7 Å². The Labute approximate surface area is 132 Å². The van der Waals surface area contributed by atoms with Gasteiger partial charge in [-0.25, -0.2) is 0 Å². The first kappa shape index (κ1) is 13.0. The van der Waals surface area contributed by atoms with Crippen LogP contribution in [0.25, 0.3) is 21.8 Å². The van der Waals surface area contributed by atoms with E-state index in [0.29, 0.717) is 5.02 Å². The average Bonchev–Trinajstić information content (AvgIpc) is 2.56. The molecule has 4 aromatic rings. The van der Waals surface area contributed by atoms with Crippen LogP contribution in [0, 0.1) is 0 Å². The van der Waals surface area contributed by atoms with Gasteiger partial charge in [-0.1, -0.05) is 29.8 Å². The monoisotopic (exact) mass is 305 g/mol. The fourth-order valence-corrected chi connectivity index (χ4v) is 2.70. The van der Waals surface area contributed by atoms with Gasteiger partial charge in [0.2, 0.25) is 0 Å². The highest BCUT2D eigenvalue weighted by atomic mass is 35.5. The van der Waals surface area contributed by atoms with Gasteiger partial charge in [-0.05, 0) is 48.5 Å². The molecule has 1 aromatic heterocycles. The minimum absolute atomic E-state index is 0.697. The van der Waals surface area contributed by atoms with Gasteiger partial charge in [0, 0.05) is 27.2 Å². The van der Waals surface area contributed by atoms with Crippen LogP contribution in [-0.4, -0.2) is 10.2 Å². The van der Waals surface area contributed by atoms with Crippen LogP contribution in [0.4, 0.5) is 11.4 Å². The molecule has 4 heteroatoms. The molecule has 0 fully saturated rings. The van der Waals surface area contributed by atoms with Crippen molar-refractivity contribution in [3.8, 4) is 0 Å². The van der Waals surface area contributed by atoms with E-state index in [4.69, 9.17) is 11.6 Å². The van der Waals surface area contributed by atoms with Crippen molar-refractivity contribution in [1.82, 2.24) is 10.2 Å². The van der Waals surface area contributed by atoms with E-state index in [1.54, 1.807) is 0 Å². The van der Waals surface area contributed by atoms with Crippen molar-refractivity contribution in [2.75, 3.05) is 5.32 Å². The van der Waals surface area contributed by atoms with Crippen molar-refractivity contribution in [1.29, 1.82) is 0 Å². The van der Waals surface area contributed by atoms with E-state index in [1.165, 1.54) is 0 Å². The molecule has 22 heavy (non-hydrogen) atoms. The first-order chi connectivity index (χ1) is 10.8. The molecule has 0 aliphatic heterocycles. The first-order valence-corrected chi connectivity index (χ1v) is 7.35. The van der Waals surface area contributed by atoms with Crippen LogP contribution >= 0.6 is 11.6 Å². The Morgan fingerprint density at radius 1 is 0.682 bits per heavy atom. The molecule has 0 aliphatic carbocycles. The molecule has 1 N–H and O–H groups in total. The fourth-order valence-electron chi connectivity index (χ4n) is 2.52. The van der Waals surface area contributed by atoms with Crippen LogP contribution in [0.2, 0.25) is 5.02 Å². The Morgan fingerprint density at radius 2 is 1.36 bits per heavy atom. The number of anilines is 2. The van der Waals surface area contributed by atoms with Gasteiger partial charge in [0.1, 0.15) is 0 Å². The number of rotatable bonds is 2. The summed E-state index contributed by atoms with van der Waals surface area (Å²) in [5, 5.41) is 14.6. The van der Waals surface area contributed by atoms with Gasteiger partial charge in [0.25, 0.3) is 0 Å². The number of para-hydroxylation sites is 1. The lowest BCUT2D eigenvalue weighted by atomic mass is 10.1. The van der Waals surface area contributed by atoms with Gasteiger partial charge in [-0.15, -0.1) is 10.2 Å². The zero-order chi connectivity index (χ0) is 14.9. The Bertz CT molecular complexity index is 968. The second-order valence-corrected chi connectivity index (χ2v) is 5.52. The largest absolute Gasteiger partial charge is 0.356 e. The Balaban J connectivity index is 1.88. The minimum atomic E-state index is 0.697. The third kappa shape index (κ3) is 2.36. The van der Waals surface area contributed by atoms with Crippen LogP contribution in [0.1, 0.15) is 0 Å². The standard InChI is InChI=1S/C18H12ClN3/c19-12-6-8-17-15(10-12)16-11-14(7-9-18(16)22-21-17)20-13-4-2-1-3-5-13/h1-11,20H. The van der Waals surface area contributed by atoms with Crippen molar-refractivity contribution in [2.45, 2.75) is 0 Å². The maximum absolute atomic E-state index is 6.12. The first-order valence-electron chi connectivity index (χ1n) is 6.97. The summed E-state index contributed by atoms with van der Waals surface area (Å²) in [4.78, 5) is 0. The SMILES string of the molecule is Clc1ccc2nnc3ccc(Nc4ccccc4)cc3c2c1. The molecule has 0 saturated carbocycles. The number of hydrogen-bond donors (Lipinski definition) is 1. The van der Waals surface area contributed by atoms with Crippen LogP contribution in [-0.2, 0) is 0 Å². The molecule has 3 aromatic carbocycles. The summed E-state index contributed by atoms with van der Waals surface area (Å²) in [5.74, 6) is 0. The summed E-state index contributed by atoms with van der Waals surface area (Å²) in [6.07, 6.45) is 0. The fraction of sp³-hybridized carbons (Fsp3) is 0. The molecule has 0 spiro atoms. The molecule has 0 radical (unpaired) electrons. The van der Waals surface area contributed by atoms with Crippen LogP contribution in [0.5, 0.6) is 0 Å². The highest BCUT2D eigenvalue weighted by Crippen LogP contribution is 2.28. The Morgan fingerprint density at radius 3 is 2.14 bits per heavy atom. The van der Waals surface area contributed by atoms with E-state index in [-0.39, 0.29) is 0 Å². The Hall–Kier alpha value is -2.65. The molecule has 3 nitrogen and oxygen atoms in total. The highest BCUT2D eigenvalue weighted by molar-refractivity contribution is 6.31. The molecular formula is C18H12ClN3. The van der Waals surface area contributed by atoms with Crippen molar-refractivity contribution in [2.24, 2.45) is 0 Å². The highest BCUT2D eigenvalue weighted by Gasteiger charge is 2.05. The summed E-state index contributed by atoms with van der Waals surface area (Å²) < 4.78 is 0. The third-order valence-electron chi connectivity index (χ3n) is 3.57. The molecule has 0 atom stereocenters. The smallest absolute Gasteiger partial charge is 0.0937 e. The molecule has 0 amide bonds.